The number of aryl methyl sites for hydroxylation is 1. The third-order valence-corrected chi connectivity index (χ3v) is 3.63. The van der Waals surface area contributed by atoms with Gasteiger partial charge in [0.2, 0.25) is 0 Å². The highest BCUT2D eigenvalue weighted by atomic mass is 16.5. The third-order valence-electron chi connectivity index (χ3n) is 3.63. The number of benzene rings is 1. The number of nitrogens with zero attached hydrogens (tertiary/aromatic N) is 1. The van der Waals surface area contributed by atoms with Gasteiger partial charge < -0.3 is 10.5 Å². The molecule has 0 amide bonds. The van der Waals surface area contributed by atoms with Crippen molar-refractivity contribution >= 4 is 10.9 Å². The zero-order chi connectivity index (χ0) is 12.7. The van der Waals surface area contributed by atoms with Gasteiger partial charge in [-0.25, -0.2) is 0 Å². The van der Waals surface area contributed by atoms with Crippen molar-refractivity contribution in [2.45, 2.75) is 32.2 Å². The molecule has 0 radical (unpaired) electrons. The van der Waals surface area contributed by atoms with Gasteiger partial charge >= 0.3 is 0 Å². The van der Waals surface area contributed by atoms with Crippen molar-refractivity contribution in [1.29, 1.82) is 0 Å². The topological polar surface area (TPSA) is 48.1 Å². The first-order chi connectivity index (χ1) is 8.72. The zero-order valence-corrected chi connectivity index (χ0v) is 10.9. The first-order valence-electron chi connectivity index (χ1n) is 6.41. The molecule has 1 aromatic carbocycles. The smallest absolute Gasteiger partial charge is 0.119 e. The lowest BCUT2D eigenvalue weighted by Gasteiger charge is -2.11. The molecule has 94 valence electrons. The summed E-state index contributed by atoms with van der Waals surface area (Å²) < 4.78 is 5.32. The van der Waals surface area contributed by atoms with Gasteiger partial charge in [0.15, 0.2) is 0 Å². The van der Waals surface area contributed by atoms with Crippen molar-refractivity contribution in [1.82, 2.24) is 4.98 Å². The fourth-order valence-electron chi connectivity index (χ4n) is 2.43. The quantitative estimate of drug-likeness (QED) is 0.900. The molecule has 0 atom stereocenters. The molecular weight excluding hydrogens is 224 g/mol. The van der Waals surface area contributed by atoms with Gasteiger partial charge in [-0.15, -0.1) is 0 Å². The van der Waals surface area contributed by atoms with Crippen molar-refractivity contribution in [2.24, 2.45) is 5.73 Å². The standard InChI is InChI=1S/C15H18N2O/c1-9-5-12(18-2)7-13-11(8-16)6-14(10-3-4-10)17-15(9)13/h5-7,10H,3-4,8,16H2,1-2H3. The molecule has 1 aromatic heterocycles. The van der Waals surface area contributed by atoms with E-state index in [1.807, 2.05) is 12.1 Å². The fourth-order valence-corrected chi connectivity index (χ4v) is 2.43. The summed E-state index contributed by atoms with van der Waals surface area (Å²) in [6.45, 7) is 2.63. The molecular formula is C15H18N2O. The second-order valence-electron chi connectivity index (χ2n) is 5.03. The highest BCUT2D eigenvalue weighted by Gasteiger charge is 2.26. The molecule has 3 heteroatoms. The molecule has 0 aliphatic heterocycles. The normalized spacial score (nSPS) is 15.1. The van der Waals surface area contributed by atoms with Crippen LogP contribution in [0.25, 0.3) is 10.9 Å². The molecule has 1 fully saturated rings. The Morgan fingerprint density at radius 2 is 2.11 bits per heavy atom. The summed E-state index contributed by atoms with van der Waals surface area (Å²) in [6.07, 6.45) is 2.52. The maximum atomic E-state index is 5.88. The molecule has 18 heavy (non-hydrogen) atoms. The lowest BCUT2D eigenvalue weighted by atomic mass is 10.0. The Kier molecular flexibility index (Phi) is 2.71. The molecule has 1 heterocycles. The van der Waals surface area contributed by atoms with Gasteiger partial charge in [-0.3, -0.25) is 4.98 Å². The van der Waals surface area contributed by atoms with Crippen molar-refractivity contribution in [3.05, 3.63) is 35.0 Å². The predicted molar refractivity (Wildman–Crippen MR) is 72.9 cm³/mol. The van der Waals surface area contributed by atoms with Crippen LogP contribution in [0.5, 0.6) is 5.75 Å². The van der Waals surface area contributed by atoms with E-state index in [4.69, 9.17) is 15.5 Å². The molecule has 3 rings (SSSR count). The zero-order valence-electron chi connectivity index (χ0n) is 10.9. The molecule has 2 aromatic rings. The summed E-state index contributed by atoms with van der Waals surface area (Å²) in [5, 5.41) is 1.12. The maximum Gasteiger partial charge on any atom is 0.119 e. The van der Waals surface area contributed by atoms with Crippen LogP contribution in [0.3, 0.4) is 0 Å². The van der Waals surface area contributed by atoms with Gasteiger partial charge in [0.1, 0.15) is 5.75 Å². The Morgan fingerprint density at radius 1 is 1.33 bits per heavy atom. The summed E-state index contributed by atoms with van der Waals surface area (Å²) in [6, 6.07) is 6.24. The number of rotatable bonds is 3. The van der Waals surface area contributed by atoms with E-state index in [0.29, 0.717) is 12.5 Å². The van der Waals surface area contributed by atoms with Crippen LogP contribution in [0, 0.1) is 6.92 Å². The van der Waals surface area contributed by atoms with Crippen LogP contribution in [0.1, 0.15) is 35.6 Å². The number of ether oxygens (including phenoxy) is 1. The minimum atomic E-state index is 0.547. The van der Waals surface area contributed by atoms with Crippen molar-refractivity contribution in [3.63, 3.8) is 0 Å². The summed E-state index contributed by atoms with van der Waals surface area (Å²) in [4.78, 5) is 4.81. The predicted octanol–water partition coefficient (Wildman–Crippen LogP) is 2.89. The van der Waals surface area contributed by atoms with Crippen LogP contribution in [-0.4, -0.2) is 12.1 Å². The van der Waals surface area contributed by atoms with E-state index in [-0.39, 0.29) is 0 Å². The summed E-state index contributed by atoms with van der Waals surface area (Å²) >= 11 is 0. The molecule has 1 saturated carbocycles. The van der Waals surface area contributed by atoms with E-state index in [0.717, 1.165) is 22.2 Å². The molecule has 1 aliphatic rings. The van der Waals surface area contributed by atoms with Gasteiger partial charge in [0.05, 0.1) is 12.6 Å². The number of methoxy groups -OCH3 is 1. The van der Waals surface area contributed by atoms with E-state index in [9.17, 15) is 0 Å². The van der Waals surface area contributed by atoms with Crippen LogP contribution in [-0.2, 0) is 6.54 Å². The first kappa shape index (κ1) is 11.5. The number of nitrogens with two attached hydrogens (primary N) is 1. The molecule has 0 saturated heterocycles. The van der Waals surface area contributed by atoms with Crippen LogP contribution in [0.2, 0.25) is 0 Å². The maximum absolute atomic E-state index is 5.88. The van der Waals surface area contributed by atoms with E-state index in [1.165, 1.54) is 24.1 Å². The summed E-state index contributed by atoms with van der Waals surface area (Å²) in [5.41, 5.74) is 10.5. The average Bonchev–Trinajstić information content (AvgIpc) is 3.22. The Bertz CT molecular complexity index is 603. The molecule has 2 N–H and O–H groups in total. The van der Waals surface area contributed by atoms with Gasteiger partial charge in [0, 0.05) is 23.5 Å². The second kappa shape index (κ2) is 4.25. The van der Waals surface area contributed by atoms with E-state index in [1.54, 1.807) is 7.11 Å². The van der Waals surface area contributed by atoms with Crippen LogP contribution < -0.4 is 10.5 Å². The van der Waals surface area contributed by atoms with Crippen molar-refractivity contribution in [2.75, 3.05) is 7.11 Å². The minimum absolute atomic E-state index is 0.547. The monoisotopic (exact) mass is 242 g/mol. The Hall–Kier alpha value is -1.61. The number of hydrogen-bond acceptors (Lipinski definition) is 3. The highest BCUT2D eigenvalue weighted by molar-refractivity contribution is 5.86. The lowest BCUT2D eigenvalue weighted by molar-refractivity contribution is 0.415. The molecule has 3 nitrogen and oxygen atoms in total. The van der Waals surface area contributed by atoms with E-state index >= 15 is 0 Å². The Morgan fingerprint density at radius 3 is 2.72 bits per heavy atom. The lowest BCUT2D eigenvalue weighted by Crippen LogP contribution is -2.02. The Balaban J connectivity index is 2.27. The van der Waals surface area contributed by atoms with Crippen molar-refractivity contribution < 1.29 is 4.74 Å². The summed E-state index contributed by atoms with van der Waals surface area (Å²) in [7, 11) is 1.69. The second-order valence-corrected chi connectivity index (χ2v) is 5.03. The summed E-state index contributed by atoms with van der Waals surface area (Å²) in [5.74, 6) is 1.52. The highest BCUT2D eigenvalue weighted by Crippen LogP contribution is 2.40. The van der Waals surface area contributed by atoms with Gasteiger partial charge in [-0.05, 0) is 49.1 Å². The van der Waals surface area contributed by atoms with Crippen LogP contribution in [0.15, 0.2) is 18.2 Å². The van der Waals surface area contributed by atoms with Crippen LogP contribution >= 0.6 is 0 Å². The minimum Gasteiger partial charge on any atom is -0.497 e. The number of aromatic nitrogens is 1. The number of fused-ring (bicyclic) bond motifs is 1. The average molecular weight is 242 g/mol. The molecule has 0 spiro atoms. The first-order valence-corrected chi connectivity index (χ1v) is 6.41. The largest absolute Gasteiger partial charge is 0.497 e. The van der Waals surface area contributed by atoms with Crippen molar-refractivity contribution in [3.8, 4) is 5.75 Å². The molecule has 0 bridgehead atoms. The Labute approximate surface area is 107 Å². The molecule has 0 unspecified atom stereocenters. The van der Waals surface area contributed by atoms with Gasteiger partial charge in [-0.1, -0.05) is 0 Å². The van der Waals surface area contributed by atoms with Crippen LogP contribution in [0.4, 0.5) is 0 Å². The number of pyridine rings is 1. The number of hydrogen-bond donors (Lipinski definition) is 1. The van der Waals surface area contributed by atoms with Gasteiger partial charge in [0.25, 0.3) is 0 Å². The van der Waals surface area contributed by atoms with E-state index in [2.05, 4.69) is 13.0 Å². The van der Waals surface area contributed by atoms with E-state index < -0.39 is 0 Å². The third kappa shape index (κ3) is 1.85. The SMILES string of the molecule is COc1cc(C)c2nc(C3CC3)cc(CN)c2c1. The van der Waals surface area contributed by atoms with Gasteiger partial charge in [-0.2, -0.15) is 0 Å². The fraction of sp³-hybridized carbons (Fsp3) is 0.400. The molecule has 1 aliphatic carbocycles.